The van der Waals surface area contributed by atoms with Gasteiger partial charge in [0.1, 0.15) is 5.75 Å². The van der Waals surface area contributed by atoms with Gasteiger partial charge in [0, 0.05) is 22.4 Å². The lowest BCUT2D eigenvalue weighted by molar-refractivity contribution is 0.242. The highest BCUT2D eigenvalue weighted by molar-refractivity contribution is 6.34. The Morgan fingerprint density at radius 3 is 2.48 bits per heavy atom. The van der Waals surface area contributed by atoms with Crippen LogP contribution < -0.4 is 4.74 Å². The van der Waals surface area contributed by atoms with E-state index in [9.17, 15) is 0 Å². The fourth-order valence-electron chi connectivity index (χ4n) is 2.38. The highest BCUT2D eigenvalue weighted by Gasteiger charge is 2.09. The second-order valence-corrected chi connectivity index (χ2v) is 6.42. The Bertz CT molecular complexity index is 720. The third-order valence-electron chi connectivity index (χ3n) is 3.58. The zero-order valence-corrected chi connectivity index (χ0v) is 15.2. The van der Waals surface area contributed by atoms with Gasteiger partial charge in [0.15, 0.2) is 0 Å². The second kappa shape index (κ2) is 7.65. The molecule has 0 saturated heterocycles. The third kappa shape index (κ3) is 4.59. The number of rotatable bonds is 5. The molecule has 0 saturated carbocycles. The van der Waals surface area contributed by atoms with Crippen molar-refractivity contribution in [2.45, 2.75) is 47.1 Å². The molecule has 0 aliphatic heterocycles. The van der Waals surface area contributed by atoms with Crippen molar-refractivity contribution in [1.29, 1.82) is 0 Å². The van der Waals surface area contributed by atoms with Crippen LogP contribution in [0.3, 0.4) is 0 Å². The first-order chi connectivity index (χ1) is 10.9. The predicted molar refractivity (Wildman–Crippen MR) is 99.6 cm³/mol. The molecule has 0 N–H and O–H groups in total. The van der Waals surface area contributed by atoms with Gasteiger partial charge in [-0.05, 0) is 57.4 Å². The van der Waals surface area contributed by atoms with Crippen LogP contribution in [-0.4, -0.2) is 11.8 Å². The Morgan fingerprint density at radius 1 is 1.13 bits per heavy atom. The molecular weight excluding hydrogens is 306 g/mol. The number of halogens is 1. The van der Waals surface area contributed by atoms with Crippen LogP contribution in [0.2, 0.25) is 5.02 Å². The molecule has 2 rings (SSSR count). The minimum absolute atomic E-state index is 0.145. The Morgan fingerprint density at radius 2 is 1.87 bits per heavy atom. The fraction of sp³-hybridized carbons (Fsp3) is 0.350. The van der Waals surface area contributed by atoms with E-state index < -0.39 is 0 Å². The maximum absolute atomic E-state index is 6.40. The average Bonchev–Trinajstić information content (AvgIpc) is 2.48. The van der Waals surface area contributed by atoms with Gasteiger partial charge in [0.2, 0.25) is 0 Å². The molecule has 0 unspecified atom stereocenters. The number of benzene rings is 2. The highest BCUT2D eigenvalue weighted by Crippen LogP contribution is 2.28. The highest BCUT2D eigenvalue weighted by atomic mass is 35.5. The number of ether oxygens (including phenoxy) is 1. The van der Waals surface area contributed by atoms with Crippen molar-refractivity contribution < 1.29 is 4.74 Å². The summed E-state index contributed by atoms with van der Waals surface area (Å²) in [5, 5.41) is 0.748. The Balaban J connectivity index is 2.44. The summed E-state index contributed by atoms with van der Waals surface area (Å²) >= 11 is 6.40. The molecule has 0 aromatic heterocycles. The fourth-order valence-corrected chi connectivity index (χ4v) is 2.73. The zero-order valence-electron chi connectivity index (χ0n) is 14.5. The molecule has 122 valence electrons. The maximum atomic E-state index is 6.40. The standard InChI is InChI=1S/C20H24ClNO/c1-6-19(17-10-7-14(4)11-18(17)21)22-20-12-16(23-13(2)3)9-8-15(20)5/h7-13H,6H2,1-5H3. The summed E-state index contributed by atoms with van der Waals surface area (Å²) in [5.41, 5.74) is 5.18. The van der Waals surface area contributed by atoms with Gasteiger partial charge in [-0.3, -0.25) is 4.99 Å². The summed E-state index contributed by atoms with van der Waals surface area (Å²) in [4.78, 5) is 4.86. The molecule has 2 aromatic rings. The molecule has 23 heavy (non-hydrogen) atoms. The molecule has 0 aliphatic rings. The normalized spacial score (nSPS) is 11.9. The summed E-state index contributed by atoms with van der Waals surface area (Å²) in [6.07, 6.45) is 0.962. The third-order valence-corrected chi connectivity index (χ3v) is 3.89. The average molecular weight is 330 g/mol. The van der Waals surface area contributed by atoms with Crippen molar-refractivity contribution >= 4 is 23.0 Å². The first-order valence-corrected chi connectivity index (χ1v) is 8.40. The summed E-state index contributed by atoms with van der Waals surface area (Å²) in [5.74, 6) is 0.842. The van der Waals surface area contributed by atoms with Crippen molar-refractivity contribution in [1.82, 2.24) is 0 Å². The van der Waals surface area contributed by atoms with Crippen molar-refractivity contribution in [2.75, 3.05) is 0 Å². The molecule has 0 atom stereocenters. The zero-order chi connectivity index (χ0) is 17.0. The number of aryl methyl sites for hydroxylation is 2. The van der Waals surface area contributed by atoms with Crippen LogP contribution in [-0.2, 0) is 0 Å². The van der Waals surface area contributed by atoms with E-state index in [4.69, 9.17) is 21.3 Å². The van der Waals surface area contributed by atoms with Crippen LogP contribution in [0.25, 0.3) is 0 Å². The van der Waals surface area contributed by atoms with E-state index >= 15 is 0 Å². The van der Waals surface area contributed by atoms with Gasteiger partial charge < -0.3 is 4.74 Å². The predicted octanol–water partition coefficient (Wildman–Crippen LogP) is 6.27. The van der Waals surface area contributed by atoms with Crippen molar-refractivity contribution in [2.24, 2.45) is 4.99 Å². The molecule has 0 spiro atoms. The molecule has 0 aliphatic carbocycles. The SMILES string of the molecule is CCC(=Nc1cc(OC(C)C)ccc1C)c1ccc(C)cc1Cl. The van der Waals surface area contributed by atoms with E-state index in [1.54, 1.807) is 0 Å². The quantitative estimate of drug-likeness (QED) is 0.592. The van der Waals surface area contributed by atoms with Gasteiger partial charge in [-0.15, -0.1) is 0 Å². The van der Waals surface area contributed by atoms with Gasteiger partial charge in [-0.1, -0.05) is 36.7 Å². The smallest absolute Gasteiger partial charge is 0.121 e. The van der Waals surface area contributed by atoms with E-state index in [-0.39, 0.29) is 6.10 Å². The Labute approximate surface area is 144 Å². The van der Waals surface area contributed by atoms with Crippen LogP contribution in [0.4, 0.5) is 5.69 Å². The van der Waals surface area contributed by atoms with Crippen LogP contribution >= 0.6 is 11.6 Å². The minimum atomic E-state index is 0.145. The Kier molecular flexibility index (Phi) is 5.84. The van der Waals surface area contributed by atoms with Gasteiger partial charge >= 0.3 is 0 Å². The summed E-state index contributed by atoms with van der Waals surface area (Å²) < 4.78 is 5.77. The molecule has 2 nitrogen and oxygen atoms in total. The first kappa shape index (κ1) is 17.6. The summed E-state index contributed by atoms with van der Waals surface area (Å²) in [6.45, 7) is 10.2. The molecule has 0 radical (unpaired) electrons. The summed E-state index contributed by atoms with van der Waals surface area (Å²) in [6, 6.07) is 12.1. The lowest BCUT2D eigenvalue weighted by Gasteiger charge is -2.12. The lowest BCUT2D eigenvalue weighted by atomic mass is 10.1. The number of nitrogens with zero attached hydrogens (tertiary/aromatic N) is 1. The lowest BCUT2D eigenvalue weighted by Crippen LogP contribution is -2.05. The molecular formula is C20H24ClNO. The van der Waals surface area contributed by atoms with E-state index in [1.165, 1.54) is 0 Å². The largest absolute Gasteiger partial charge is 0.491 e. The van der Waals surface area contributed by atoms with E-state index in [0.717, 1.165) is 45.3 Å². The first-order valence-electron chi connectivity index (χ1n) is 8.02. The van der Waals surface area contributed by atoms with Gasteiger partial charge in [0.05, 0.1) is 11.8 Å². The van der Waals surface area contributed by atoms with Crippen LogP contribution in [0.15, 0.2) is 41.4 Å². The molecule has 3 heteroatoms. The molecule has 0 heterocycles. The molecule has 0 amide bonds. The molecule has 0 bridgehead atoms. The van der Waals surface area contributed by atoms with Crippen molar-refractivity contribution in [3.63, 3.8) is 0 Å². The van der Waals surface area contributed by atoms with Crippen LogP contribution in [0.5, 0.6) is 5.75 Å². The molecule has 0 fully saturated rings. The number of hydrogen-bond donors (Lipinski definition) is 0. The maximum Gasteiger partial charge on any atom is 0.121 e. The van der Waals surface area contributed by atoms with Crippen LogP contribution in [0, 0.1) is 13.8 Å². The van der Waals surface area contributed by atoms with Gasteiger partial charge in [0.25, 0.3) is 0 Å². The topological polar surface area (TPSA) is 21.6 Å². The van der Waals surface area contributed by atoms with E-state index in [0.29, 0.717) is 0 Å². The second-order valence-electron chi connectivity index (χ2n) is 6.01. The molecule has 2 aromatic carbocycles. The van der Waals surface area contributed by atoms with E-state index in [2.05, 4.69) is 19.9 Å². The number of aliphatic imine (C=N–C) groups is 1. The van der Waals surface area contributed by atoms with Crippen molar-refractivity contribution in [3.05, 3.63) is 58.1 Å². The van der Waals surface area contributed by atoms with Gasteiger partial charge in [-0.2, -0.15) is 0 Å². The van der Waals surface area contributed by atoms with E-state index in [1.807, 2.05) is 51.1 Å². The van der Waals surface area contributed by atoms with Crippen molar-refractivity contribution in [3.8, 4) is 5.75 Å². The monoisotopic (exact) mass is 329 g/mol. The summed E-state index contributed by atoms with van der Waals surface area (Å²) in [7, 11) is 0. The van der Waals surface area contributed by atoms with Crippen LogP contribution in [0.1, 0.15) is 43.9 Å². The minimum Gasteiger partial charge on any atom is -0.491 e. The Hall–Kier alpha value is -1.80. The van der Waals surface area contributed by atoms with Gasteiger partial charge in [-0.25, -0.2) is 0 Å². The number of hydrogen-bond acceptors (Lipinski definition) is 2.